The molecule has 0 aliphatic carbocycles. The number of ketones is 1. The molecule has 1 aliphatic rings. The van der Waals surface area contributed by atoms with Gasteiger partial charge < -0.3 is 15.0 Å². The molecule has 2 atom stereocenters. The molecule has 0 amide bonds. The standard InChI is InChI=1S/C10H15N3O2/c1-2-13-4-3-12-10(13)9(14)7-5-15-6-8(7)11/h3-4,7-8H,2,5-6,11H2,1H3. The summed E-state index contributed by atoms with van der Waals surface area (Å²) in [6, 6.07) is -0.195. The van der Waals surface area contributed by atoms with E-state index in [1.807, 2.05) is 11.5 Å². The van der Waals surface area contributed by atoms with E-state index in [-0.39, 0.29) is 17.7 Å². The molecule has 1 aliphatic heterocycles. The SMILES string of the molecule is CCn1ccnc1C(=O)C1COCC1N. The molecule has 2 N–H and O–H groups in total. The third kappa shape index (κ3) is 1.80. The minimum absolute atomic E-state index is 0.00755. The van der Waals surface area contributed by atoms with Gasteiger partial charge in [-0.3, -0.25) is 4.79 Å². The number of imidazole rings is 1. The Kier molecular flexibility index (Phi) is 2.83. The second-order valence-corrected chi connectivity index (χ2v) is 3.71. The van der Waals surface area contributed by atoms with Gasteiger partial charge in [-0.15, -0.1) is 0 Å². The summed E-state index contributed by atoms with van der Waals surface area (Å²) in [4.78, 5) is 16.1. The molecule has 0 aromatic carbocycles. The molecule has 2 unspecified atom stereocenters. The Labute approximate surface area is 88.2 Å². The Morgan fingerprint density at radius 3 is 3.13 bits per heavy atom. The first-order valence-electron chi connectivity index (χ1n) is 5.12. The number of carbonyl (C=O) groups excluding carboxylic acids is 1. The van der Waals surface area contributed by atoms with Gasteiger partial charge in [0.1, 0.15) is 0 Å². The molecule has 2 rings (SSSR count). The number of aromatic nitrogens is 2. The third-order valence-electron chi connectivity index (χ3n) is 2.74. The van der Waals surface area contributed by atoms with Gasteiger partial charge in [0.2, 0.25) is 5.78 Å². The topological polar surface area (TPSA) is 70.1 Å². The second-order valence-electron chi connectivity index (χ2n) is 3.71. The van der Waals surface area contributed by atoms with Gasteiger partial charge in [0.15, 0.2) is 5.82 Å². The number of carbonyl (C=O) groups is 1. The summed E-state index contributed by atoms with van der Waals surface area (Å²) < 4.78 is 7.01. The van der Waals surface area contributed by atoms with E-state index in [4.69, 9.17) is 10.5 Å². The second kappa shape index (κ2) is 4.12. The molecular formula is C10H15N3O2. The zero-order valence-corrected chi connectivity index (χ0v) is 8.72. The summed E-state index contributed by atoms with van der Waals surface area (Å²) in [5.74, 6) is 0.244. The van der Waals surface area contributed by atoms with Gasteiger partial charge >= 0.3 is 0 Å². The highest BCUT2D eigenvalue weighted by Crippen LogP contribution is 2.16. The fourth-order valence-electron chi connectivity index (χ4n) is 1.80. The molecule has 0 bridgehead atoms. The number of nitrogens with zero attached hydrogens (tertiary/aromatic N) is 2. The first-order chi connectivity index (χ1) is 7.24. The van der Waals surface area contributed by atoms with Crippen LogP contribution in [-0.4, -0.2) is 34.6 Å². The highest BCUT2D eigenvalue weighted by atomic mass is 16.5. The summed E-state index contributed by atoms with van der Waals surface area (Å²) >= 11 is 0. The van der Waals surface area contributed by atoms with E-state index < -0.39 is 0 Å². The van der Waals surface area contributed by atoms with Gasteiger partial charge in [-0.2, -0.15) is 0 Å². The van der Waals surface area contributed by atoms with E-state index in [9.17, 15) is 4.79 Å². The van der Waals surface area contributed by atoms with E-state index in [0.717, 1.165) is 6.54 Å². The minimum Gasteiger partial charge on any atom is -0.379 e. The molecular weight excluding hydrogens is 194 g/mol. The highest BCUT2D eigenvalue weighted by molar-refractivity contribution is 5.95. The monoisotopic (exact) mass is 209 g/mol. The van der Waals surface area contributed by atoms with Crippen molar-refractivity contribution < 1.29 is 9.53 Å². The van der Waals surface area contributed by atoms with Crippen LogP contribution < -0.4 is 5.73 Å². The van der Waals surface area contributed by atoms with Crippen molar-refractivity contribution in [2.24, 2.45) is 11.7 Å². The van der Waals surface area contributed by atoms with Crippen LogP contribution in [-0.2, 0) is 11.3 Å². The van der Waals surface area contributed by atoms with E-state index in [0.29, 0.717) is 19.0 Å². The van der Waals surface area contributed by atoms with Gasteiger partial charge in [0, 0.05) is 25.0 Å². The van der Waals surface area contributed by atoms with Crippen molar-refractivity contribution in [1.29, 1.82) is 0 Å². The van der Waals surface area contributed by atoms with Crippen LogP contribution in [0.4, 0.5) is 0 Å². The molecule has 1 fully saturated rings. The van der Waals surface area contributed by atoms with Crippen molar-refractivity contribution in [2.45, 2.75) is 19.5 Å². The number of ether oxygens (including phenoxy) is 1. The van der Waals surface area contributed by atoms with Crippen molar-refractivity contribution in [3.05, 3.63) is 18.2 Å². The average Bonchev–Trinajstić information content (AvgIpc) is 2.84. The molecule has 5 nitrogen and oxygen atoms in total. The molecule has 82 valence electrons. The number of rotatable bonds is 3. The van der Waals surface area contributed by atoms with Crippen LogP contribution in [0.2, 0.25) is 0 Å². The average molecular weight is 209 g/mol. The van der Waals surface area contributed by atoms with Crippen molar-refractivity contribution in [2.75, 3.05) is 13.2 Å². The van der Waals surface area contributed by atoms with Crippen LogP contribution in [0.5, 0.6) is 0 Å². The lowest BCUT2D eigenvalue weighted by molar-refractivity contribution is 0.0881. The molecule has 15 heavy (non-hydrogen) atoms. The van der Waals surface area contributed by atoms with Gasteiger partial charge in [0.05, 0.1) is 19.1 Å². The fourth-order valence-corrected chi connectivity index (χ4v) is 1.80. The van der Waals surface area contributed by atoms with Crippen LogP contribution in [0.3, 0.4) is 0 Å². The number of hydrogen-bond acceptors (Lipinski definition) is 4. The first kappa shape index (κ1) is 10.3. The predicted octanol–water partition coefficient (Wildman–Crippen LogP) is 0.0594. The lowest BCUT2D eigenvalue weighted by Crippen LogP contribution is -2.35. The Morgan fingerprint density at radius 1 is 1.73 bits per heavy atom. The Bertz CT molecular complexity index is 361. The Balaban J connectivity index is 2.20. The Hall–Kier alpha value is -1.20. The van der Waals surface area contributed by atoms with E-state index in [1.165, 1.54) is 0 Å². The smallest absolute Gasteiger partial charge is 0.205 e. The minimum atomic E-state index is -0.238. The zero-order chi connectivity index (χ0) is 10.8. The number of Topliss-reactive ketones (excluding diaryl/α,β-unsaturated/α-hetero) is 1. The van der Waals surface area contributed by atoms with E-state index in [1.54, 1.807) is 12.4 Å². The summed E-state index contributed by atoms with van der Waals surface area (Å²) in [5, 5.41) is 0. The molecule has 0 radical (unpaired) electrons. The Morgan fingerprint density at radius 2 is 2.53 bits per heavy atom. The lowest BCUT2D eigenvalue weighted by atomic mass is 9.99. The molecule has 1 saturated heterocycles. The maximum absolute atomic E-state index is 12.1. The summed E-state index contributed by atoms with van der Waals surface area (Å²) in [5.41, 5.74) is 5.79. The van der Waals surface area contributed by atoms with Gasteiger partial charge in [0.25, 0.3) is 0 Å². The van der Waals surface area contributed by atoms with Crippen LogP contribution in [0.1, 0.15) is 17.5 Å². The fraction of sp³-hybridized carbons (Fsp3) is 0.600. The zero-order valence-electron chi connectivity index (χ0n) is 8.72. The largest absolute Gasteiger partial charge is 0.379 e. The molecule has 5 heteroatoms. The summed E-state index contributed by atoms with van der Waals surface area (Å²) in [6.45, 7) is 3.59. The highest BCUT2D eigenvalue weighted by Gasteiger charge is 2.33. The van der Waals surface area contributed by atoms with Crippen LogP contribution in [0, 0.1) is 5.92 Å². The van der Waals surface area contributed by atoms with Crippen LogP contribution >= 0.6 is 0 Å². The van der Waals surface area contributed by atoms with Crippen molar-refractivity contribution in [3.63, 3.8) is 0 Å². The maximum atomic E-state index is 12.1. The van der Waals surface area contributed by atoms with Crippen molar-refractivity contribution in [3.8, 4) is 0 Å². The molecule has 1 aromatic rings. The summed E-state index contributed by atoms with van der Waals surface area (Å²) in [7, 11) is 0. The number of nitrogens with two attached hydrogens (primary N) is 1. The van der Waals surface area contributed by atoms with Crippen LogP contribution in [0.25, 0.3) is 0 Å². The first-order valence-corrected chi connectivity index (χ1v) is 5.12. The van der Waals surface area contributed by atoms with Crippen molar-refractivity contribution >= 4 is 5.78 Å². The number of aryl methyl sites for hydroxylation is 1. The molecule has 1 aromatic heterocycles. The van der Waals surface area contributed by atoms with Gasteiger partial charge in [-0.1, -0.05) is 0 Å². The maximum Gasteiger partial charge on any atom is 0.205 e. The normalized spacial score (nSPS) is 25.7. The van der Waals surface area contributed by atoms with Crippen molar-refractivity contribution in [1.82, 2.24) is 9.55 Å². The number of hydrogen-bond donors (Lipinski definition) is 1. The van der Waals surface area contributed by atoms with Gasteiger partial charge in [-0.25, -0.2) is 4.98 Å². The van der Waals surface area contributed by atoms with E-state index in [2.05, 4.69) is 4.98 Å². The molecule has 0 spiro atoms. The van der Waals surface area contributed by atoms with Crippen LogP contribution in [0.15, 0.2) is 12.4 Å². The lowest BCUT2D eigenvalue weighted by Gasteiger charge is -2.11. The quantitative estimate of drug-likeness (QED) is 0.715. The molecule has 0 saturated carbocycles. The molecule has 2 heterocycles. The van der Waals surface area contributed by atoms with Gasteiger partial charge in [-0.05, 0) is 6.92 Å². The van der Waals surface area contributed by atoms with E-state index >= 15 is 0 Å². The predicted molar refractivity (Wildman–Crippen MR) is 54.5 cm³/mol. The summed E-state index contributed by atoms with van der Waals surface area (Å²) in [6.07, 6.45) is 3.44. The third-order valence-corrected chi connectivity index (χ3v) is 2.74.